The highest BCUT2D eigenvalue weighted by Gasteiger charge is 2.22. The van der Waals surface area contributed by atoms with Gasteiger partial charge in [0.25, 0.3) is 0 Å². The monoisotopic (exact) mass is 536 g/mol. The van der Waals surface area contributed by atoms with Crippen LogP contribution in [0.2, 0.25) is 0 Å². The Balaban J connectivity index is 0.00000341. The van der Waals surface area contributed by atoms with Crippen LogP contribution in [0.1, 0.15) is 36.5 Å². The number of benzene rings is 2. The van der Waals surface area contributed by atoms with Crippen LogP contribution in [0.15, 0.2) is 59.6 Å². The van der Waals surface area contributed by atoms with Gasteiger partial charge in [-0.1, -0.05) is 54.6 Å². The van der Waals surface area contributed by atoms with Gasteiger partial charge in [0.1, 0.15) is 0 Å². The highest BCUT2D eigenvalue weighted by atomic mass is 127. The minimum absolute atomic E-state index is 0. The molecule has 0 bridgehead atoms. The van der Waals surface area contributed by atoms with Crippen LogP contribution in [0.5, 0.6) is 0 Å². The molecule has 0 atom stereocenters. The van der Waals surface area contributed by atoms with E-state index in [0.29, 0.717) is 32.7 Å². The first-order valence-electron chi connectivity index (χ1n) is 10.7. The highest BCUT2D eigenvalue weighted by Crippen LogP contribution is 2.22. The molecule has 0 aliphatic carbocycles. The summed E-state index contributed by atoms with van der Waals surface area (Å²) in [5, 5.41) is 6.51. The van der Waals surface area contributed by atoms with Gasteiger partial charge in [-0.05, 0) is 30.0 Å². The van der Waals surface area contributed by atoms with Crippen molar-refractivity contribution in [2.24, 2.45) is 4.99 Å². The van der Waals surface area contributed by atoms with E-state index in [1.807, 2.05) is 42.2 Å². The second-order valence-electron chi connectivity index (χ2n) is 7.35. The lowest BCUT2D eigenvalue weighted by atomic mass is 10.1. The number of guanidine groups is 1. The molecule has 31 heavy (non-hydrogen) atoms. The zero-order valence-corrected chi connectivity index (χ0v) is 20.5. The van der Waals surface area contributed by atoms with Crippen molar-refractivity contribution in [2.45, 2.75) is 39.5 Å². The molecule has 1 amide bonds. The molecule has 7 heteroatoms. The molecule has 0 spiro atoms. The van der Waals surface area contributed by atoms with Gasteiger partial charge in [0.2, 0.25) is 5.91 Å². The van der Waals surface area contributed by atoms with Gasteiger partial charge in [-0.15, -0.1) is 24.0 Å². The summed E-state index contributed by atoms with van der Waals surface area (Å²) in [5.41, 5.74) is 3.69. The van der Waals surface area contributed by atoms with Crippen LogP contribution in [0, 0.1) is 0 Å². The summed E-state index contributed by atoms with van der Waals surface area (Å²) in [6, 6.07) is 18.4. The minimum atomic E-state index is 0. The summed E-state index contributed by atoms with van der Waals surface area (Å²) in [6.45, 7) is 6.80. The zero-order valence-electron chi connectivity index (χ0n) is 18.2. The third kappa shape index (κ3) is 8.49. The fraction of sp³-hybridized carbons (Fsp3) is 0.417. The number of halogens is 1. The van der Waals surface area contributed by atoms with Crippen LogP contribution in [-0.4, -0.2) is 43.0 Å². The maximum Gasteiger partial charge on any atom is 0.223 e. The number of nitrogens with one attached hydrogen (secondary N) is 2. The van der Waals surface area contributed by atoms with E-state index in [9.17, 15) is 4.79 Å². The zero-order chi connectivity index (χ0) is 21.0. The number of fused-ring (bicyclic) bond motifs is 1. The molecular formula is C24H33IN4O2. The molecule has 3 rings (SSSR count). The first kappa shape index (κ1) is 25.1. The summed E-state index contributed by atoms with van der Waals surface area (Å²) >= 11 is 0. The third-order valence-electron chi connectivity index (χ3n) is 5.01. The van der Waals surface area contributed by atoms with Crippen molar-refractivity contribution in [3.8, 4) is 0 Å². The highest BCUT2D eigenvalue weighted by molar-refractivity contribution is 14.0. The van der Waals surface area contributed by atoms with E-state index in [1.165, 1.54) is 16.7 Å². The molecule has 1 aliphatic rings. The van der Waals surface area contributed by atoms with Crippen LogP contribution in [0.4, 0.5) is 0 Å². The van der Waals surface area contributed by atoms with Gasteiger partial charge in [0.05, 0.1) is 13.2 Å². The average molecular weight is 536 g/mol. The molecule has 0 saturated carbocycles. The molecule has 1 heterocycles. The van der Waals surface area contributed by atoms with Crippen molar-refractivity contribution in [2.75, 3.05) is 26.2 Å². The molecule has 2 N–H and O–H groups in total. The number of hydrogen-bond acceptors (Lipinski definition) is 3. The first-order chi connectivity index (χ1) is 14.8. The van der Waals surface area contributed by atoms with E-state index in [4.69, 9.17) is 4.74 Å². The summed E-state index contributed by atoms with van der Waals surface area (Å²) in [7, 11) is 0. The molecule has 6 nitrogen and oxygen atoms in total. The van der Waals surface area contributed by atoms with Crippen molar-refractivity contribution >= 4 is 35.8 Å². The molecule has 0 radical (unpaired) electrons. The van der Waals surface area contributed by atoms with Gasteiger partial charge >= 0.3 is 0 Å². The molecule has 1 aliphatic heterocycles. The summed E-state index contributed by atoms with van der Waals surface area (Å²) in [5.74, 6) is 0.968. The lowest BCUT2D eigenvalue weighted by Crippen LogP contribution is -2.39. The van der Waals surface area contributed by atoms with Crippen molar-refractivity contribution in [3.05, 3.63) is 71.3 Å². The van der Waals surface area contributed by atoms with Crippen molar-refractivity contribution in [1.82, 2.24) is 15.5 Å². The van der Waals surface area contributed by atoms with Crippen LogP contribution in [-0.2, 0) is 29.2 Å². The summed E-state index contributed by atoms with van der Waals surface area (Å²) in [4.78, 5) is 19.0. The Labute approximate surface area is 202 Å². The molecule has 2 aromatic rings. The Morgan fingerprint density at radius 1 is 1.03 bits per heavy atom. The Kier molecular flexibility index (Phi) is 11.4. The molecule has 0 unspecified atom stereocenters. The third-order valence-corrected chi connectivity index (χ3v) is 5.01. The Hall–Kier alpha value is -2.13. The SMILES string of the molecule is CCNC(=NCCCC(=O)N1Cc2ccccc2C1)NCCOCc1ccccc1.I. The Bertz CT molecular complexity index is 804. The fourth-order valence-corrected chi connectivity index (χ4v) is 3.44. The largest absolute Gasteiger partial charge is 0.375 e. The van der Waals surface area contributed by atoms with E-state index in [0.717, 1.165) is 32.0 Å². The second-order valence-corrected chi connectivity index (χ2v) is 7.35. The maximum absolute atomic E-state index is 12.5. The summed E-state index contributed by atoms with van der Waals surface area (Å²) < 4.78 is 5.69. The fourth-order valence-electron chi connectivity index (χ4n) is 3.44. The normalized spacial score (nSPS) is 12.8. The predicted molar refractivity (Wildman–Crippen MR) is 135 cm³/mol. The molecule has 2 aromatic carbocycles. The number of hydrogen-bond donors (Lipinski definition) is 2. The molecular weight excluding hydrogens is 503 g/mol. The van der Waals surface area contributed by atoms with E-state index < -0.39 is 0 Å². The van der Waals surface area contributed by atoms with Gasteiger partial charge in [-0.2, -0.15) is 0 Å². The van der Waals surface area contributed by atoms with Crippen LogP contribution >= 0.6 is 24.0 Å². The predicted octanol–water partition coefficient (Wildman–Crippen LogP) is 3.70. The number of carbonyl (C=O) groups excluding carboxylic acids is 1. The standard InChI is InChI=1S/C24H32N4O2.HI/c1-2-25-24(27-15-16-30-19-20-9-4-3-5-10-20)26-14-8-13-23(29)28-17-21-11-6-7-12-22(21)18-28;/h3-7,9-12H,2,8,13-19H2,1H3,(H2,25,26,27);1H. The molecule has 0 aromatic heterocycles. The smallest absolute Gasteiger partial charge is 0.223 e. The number of carbonyl (C=O) groups is 1. The quantitative estimate of drug-likeness (QED) is 0.211. The summed E-state index contributed by atoms with van der Waals surface area (Å²) in [6.07, 6.45) is 1.27. The van der Waals surface area contributed by atoms with Gasteiger partial charge in [0.15, 0.2) is 5.96 Å². The van der Waals surface area contributed by atoms with Gasteiger partial charge in [0, 0.05) is 39.1 Å². The number of amides is 1. The van der Waals surface area contributed by atoms with Crippen LogP contribution < -0.4 is 10.6 Å². The van der Waals surface area contributed by atoms with E-state index in [1.54, 1.807) is 0 Å². The van der Waals surface area contributed by atoms with Gasteiger partial charge in [-0.3, -0.25) is 9.79 Å². The number of nitrogens with zero attached hydrogens (tertiary/aromatic N) is 2. The Morgan fingerprint density at radius 2 is 1.71 bits per heavy atom. The van der Waals surface area contributed by atoms with Crippen LogP contribution in [0.3, 0.4) is 0 Å². The van der Waals surface area contributed by atoms with E-state index in [-0.39, 0.29) is 29.9 Å². The average Bonchev–Trinajstić information content (AvgIpc) is 3.21. The molecule has 0 saturated heterocycles. The van der Waals surface area contributed by atoms with E-state index in [2.05, 4.69) is 39.9 Å². The number of aliphatic imine (C=N–C) groups is 1. The molecule has 168 valence electrons. The minimum Gasteiger partial charge on any atom is -0.375 e. The topological polar surface area (TPSA) is 66.0 Å². The van der Waals surface area contributed by atoms with Crippen molar-refractivity contribution in [3.63, 3.8) is 0 Å². The Morgan fingerprint density at radius 3 is 2.39 bits per heavy atom. The van der Waals surface area contributed by atoms with Crippen molar-refractivity contribution < 1.29 is 9.53 Å². The van der Waals surface area contributed by atoms with Gasteiger partial charge in [-0.25, -0.2) is 0 Å². The second kappa shape index (κ2) is 14.0. The van der Waals surface area contributed by atoms with E-state index >= 15 is 0 Å². The number of ether oxygens (including phenoxy) is 1. The van der Waals surface area contributed by atoms with Gasteiger partial charge < -0.3 is 20.3 Å². The molecule has 0 fully saturated rings. The van der Waals surface area contributed by atoms with Crippen LogP contribution in [0.25, 0.3) is 0 Å². The maximum atomic E-state index is 12.5. The first-order valence-corrected chi connectivity index (χ1v) is 10.7. The lowest BCUT2D eigenvalue weighted by Gasteiger charge is -2.15. The lowest BCUT2D eigenvalue weighted by molar-refractivity contribution is -0.131. The van der Waals surface area contributed by atoms with Crippen molar-refractivity contribution in [1.29, 1.82) is 0 Å². The number of rotatable bonds is 10.